The molecule has 0 saturated carbocycles. The maximum atomic E-state index is 11.7. The Balaban J connectivity index is 2.54. The Morgan fingerprint density at radius 3 is 2.94 bits per heavy atom. The number of sulfone groups is 1. The first-order valence-corrected chi connectivity index (χ1v) is 7.61. The van der Waals surface area contributed by atoms with Gasteiger partial charge in [0.1, 0.15) is 12.7 Å². The molecule has 1 aliphatic heterocycles. The third kappa shape index (κ3) is 2.40. The molecule has 94 valence electrons. The van der Waals surface area contributed by atoms with Gasteiger partial charge in [-0.1, -0.05) is 6.92 Å². The molecule has 0 amide bonds. The van der Waals surface area contributed by atoms with Crippen molar-refractivity contribution in [2.24, 2.45) is 0 Å². The molecule has 0 aliphatic carbocycles. The number of halogens is 1. The van der Waals surface area contributed by atoms with Crippen LogP contribution in [0.2, 0.25) is 0 Å². The van der Waals surface area contributed by atoms with Crippen molar-refractivity contribution >= 4 is 25.8 Å². The van der Waals surface area contributed by atoms with Crippen LogP contribution in [0.5, 0.6) is 11.5 Å². The molecule has 0 N–H and O–H groups in total. The highest BCUT2D eigenvalue weighted by atomic mass is 79.9. The molecule has 0 fully saturated rings. The summed E-state index contributed by atoms with van der Waals surface area (Å²) in [6.07, 6.45) is -0.103. The Morgan fingerprint density at radius 2 is 2.29 bits per heavy atom. The lowest BCUT2D eigenvalue weighted by Gasteiger charge is -2.24. The molecular weight excluding hydrogens is 310 g/mol. The van der Waals surface area contributed by atoms with Gasteiger partial charge in [0.25, 0.3) is 0 Å². The molecule has 0 radical (unpaired) electrons. The third-order valence-corrected chi connectivity index (χ3v) is 4.51. The minimum absolute atomic E-state index is 0.00162. The van der Waals surface area contributed by atoms with Crippen molar-refractivity contribution in [3.05, 3.63) is 10.7 Å². The molecule has 1 aromatic rings. The van der Waals surface area contributed by atoms with E-state index in [2.05, 4.69) is 20.9 Å². The van der Waals surface area contributed by atoms with Crippen molar-refractivity contribution in [2.45, 2.75) is 25.0 Å². The van der Waals surface area contributed by atoms with E-state index in [1.54, 1.807) is 6.92 Å². The van der Waals surface area contributed by atoms with E-state index in [1.165, 1.54) is 6.07 Å². The number of aromatic nitrogens is 1. The summed E-state index contributed by atoms with van der Waals surface area (Å²) >= 11 is 3.19. The molecule has 1 unspecified atom stereocenters. The molecule has 0 saturated heterocycles. The minimum Gasteiger partial charge on any atom is -0.483 e. The van der Waals surface area contributed by atoms with Crippen LogP contribution in [0.3, 0.4) is 0 Å². The Bertz CT molecular complexity index is 543. The van der Waals surface area contributed by atoms with Crippen molar-refractivity contribution in [1.82, 2.24) is 4.98 Å². The Kier molecular flexibility index (Phi) is 3.31. The number of hydrogen-bond donors (Lipinski definition) is 0. The predicted molar refractivity (Wildman–Crippen MR) is 65.2 cm³/mol. The van der Waals surface area contributed by atoms with Crippen molar-refractivity contribution < 1.29 is 17.9 Å². The van der Waals surface area contributed by atoms with E-state index in [4.69, 9.17) is 9.47 Å². The first kappa shape index (κ1) is 12.6. The van der Waals surface area contributed by atoms with Gasteiger partial charge in [-0.2, -0.15) is 0 Å². The first-order valence-electron chi connectivity index (χ1n) is 5.17. The fourth-order valence-electron chi connectivity index (χ4n) is 1.44. The molecule has 17 heavy (non-hydrogen) atoms. The van der Waals surface area contributed by atoms with Gasteiger partial charge in [-0.3, -0.25) is 0 Å². The van der Waals surface area contributed by atoms with Crippen LogP contribution in [-0.4, -0.2) is 31.9 Å². The summed E-state index contributed by atoms with van der Waals surface area (Å²) < 4.78 is 34.8. The van der Waals surface area contributed by atoms with Gasteiger partial charge in [-0.05, 0) is 22.9 Å². The zero-order valence-electron chi connectivity index (χ0n) is 9.44. The molecule has 2 rings (SSSR count). The summed E-state index contributed by atoms with van der Waals surface area (Å²) in [4.78, 5) is 3.98. The third-order valence-electron chi connectivity index (χ3n) is 2.36. The molecule has 2 heterocycles. The zero-order valence-corrected chi connectivity index (χ0v) is 11.8. The zero-order chi connectivity index (χ0) is 12.6. The van der Waals surface area contributed by atoms with Gasteiger partial charge >= 0.3 is 0 Å². The molecule has 1 aliphatic rings. The average molecular weight is 322 g/mol. The van der Waals surface area contributed by atoms with E-state index in [1.807, 2.05) is 6.92 Å². The van der Waals surface area contributed by atoms with E-state index in [-0.39, 0.29) is 16.9 Å². The number of hydrogen-bond acceptors (Lipinski definition) is 5. The normalized spacial score (nSPS) is 19.1. The van der Waals surface area contributed by atoms with Crippen molar-refractivity contribution in [1.29, 1.82) is 0 Å². The second-order valence-corrected chi connectivity index (χ2v) is 6.70. The van der Waals surface area contributed by atoms with Gasteiger partial charge < -0.3 is 9.47 Å². The Morgan fingerprint density at radius 1 is 1.59 bits per heavy atom. The van der Waals surface area contributed by atoms with Crippen LogP contribution in [0.15, 0.2) is 15.7 Å². The van der Waals surface area contributed by atoms with Crippen LogP contribution >= 0.6 is 15.9 Å². The smallest absolute Gasteiger partial charge is 0.195 e. The molecule has 0 bridgehead atoms. The molecule has 0 aromatic carbocycles. The fourth-order valence-corrected chi connectivity index (χ4v) is 2.87. The standard InChI is InChI=1S/C10H12BrNO4S/c1-3-17(13,14)8-4-7-9(10(11)12-8)15-5-6(2)16-7/h4,6H,3,5H2,1-2H3. The van der Waals surface area contributed by atoms with Crippen LogP contribution in [0.25, 0.3) is 0 Å². The van der Waals surface area contributed by atoms with Crippen LogP contribution in [0.4, 0.5) is 0 Å². The lowest BCUT2D eigenvalue weighted by atomic mass is 10.3. The molecule has 5 nitrogen and oxygen atoms in total. The number of ether oxygens (including phenoxy) is 2. The average Bonchev–Trinajstić information content (AvgIpc) is 2.28. The summed E-state index contributed by atoms with van der Waals surface area (Å²) in [6, 6.07) is 1.41. The highest BCUT2D eigenvalue weighted by Gasteiger charge is 2.25. The van der Waals surface area contributed by atoms with Gasteiger partial charge in [0.15, 0.2) is 31.0 Å². The van der Waals surface area contributed by atoms with Gasteiger partial charge in [-0.25, -0.2) is 13.4 Å². The van der Waals surface area contributed by atoms with Gasteiger partial charge in [0.2, 0.25) is 0 Å². The van der Waals surface area contributed by atoms with E-state index in [0.717, 1.165) is 0 Å². The highest BCUT2D eigenvalue weighted by Crippen LogP contribution is 2.38. The minimum atomic E-state index is -3.35. The molecular formula is C10H12BrNO4S. The quantitative estimate of drug-likeness (QED) is 0.777. The van der Waals surface area contributed by atoms with Gasteiger partial charge in [0.05, 0.1) is 5.75 Å². The first-order chi connectivity index (χ1) is 7.94. The molecule has 1 aromatic heterocycles. The molecule has 1 atom stereocenters. The predicted octanol–water partition coefficient (Wildman–Crippen LogP) is 1.80. The van der Waals surface area contributed by atoms with E-state index >= 15 is 0 Å². The summed E-state index contributed by atoms with van der Waals surface area (Å²) in [5.41, 5.74) is 0. The van der Waals surface area contributed by atoms with E-state index in [9.17, 15) is 8.42 Å². The summed E-state index contributed by atoms with van der Waals surface area (Å²) in [7, 11) is -3.35. The van der Waals surface area contributed by atoms with Crippen LogP contribution in [-0.2, 0) is 9.84 Å². The SMILES string of the molecule is CCS(=O)(=O)c1cc2c(c(Br)n1)OCC(C)O2. The molecule has 7 heteroatoms. The number of fused-ring (bicyclic) bond motifs is 1. The number of nitrogens with zero attached hydrogens (tertiary/aromatic N) is 1. The van der Waals surface area contributed by atoms with Crippen LogP contribution < -0.4 is 9.47 Å². The van der Waals surface area contributed by atoms with Crippen LogP contribution in [0, 0.1) is 0 Å². The van der Waals surface area contributed by atoms with E-state index in [0.29, 0.717) is 22.7 Å². The van der Waals surface area contributed by atoms with Gasteiger partial charge in [-0.15, -0.1) is 0 Å². The fraction of sp³-hybridized carbons (Fsp3) is 0.500. The van der Waals surface area contributed by atoms with E-state index < -0.39 is 9.84 Å². The number of rotatable bonds is 2. The van der Waals surface area contributed by atoms with Gasteiger partial charge in [0, 0.05) is 6.07 Å². The Hall–Kier alpha value is -0.820. The van der Waals surface area contributed by atoms with Crippen molar-refractivity contribution in [3.63, 3.8) is 0 Å². The Labute approximate surface area is 108 Å². The summed E-state index contributed by atoms with van der Waals surface area (Å²) in [5, 5.41) is 0.00308. The maximum Gasteiger partial charge on any atom is 0.195 e. The maximum absolute atomic E-state index is 11.7. The molecule has 0 spiro atoms. The second kappa shape index (κ2) is 4.45. The highest BCUT2D eigenvalue weighted by molar-refractivity contribution is 9.10. The van der Waals surface area contributed by atoms with Crippen molar-refractivity contribution in [3.8, 4) is 11.5 Å². The largest absolute Gasteiger partial charge is 0.483 e. The monoisotopic (exact) mass is 321 g/mol. The topological polar surface area (TPSA) is 65.5 Å². The van der Waals surface area contributed by atoms with Crippen LogP contribution in [0.1, 0.15) is 13.8 Å². The number of pyridine rings is 1. The van der Waals surface area contributed by atoms with Crippen molar-refractivity contribution in [2.75, 3.05) is 12.4 Å². The lowest BCUT2D eigenvalue weighted by Crippen LogP contribution is -2.26. The lowest BCUT2D eigenvalue weighted by molar-refractivity contribution is 0.102. The summed E-state index contributed by atoms with van der Waals surface area (Å²) in [6.45, 7) is 3.85. The summed E-state index contributed by atoms with van der Waals surface area (Å²) in [5.74, 6) is 0.873. The second-order valence-electron chi connectivity index (χ2n) is 3.72.